The average molecular weight is 299 g/mol. The van der Waals surface area contributed by atoms with Gasteiger partial charge in [0.25, 0.3) is 0 Å². The molecule has 1 aromatic carbocycles. The molecular formula is C17H27F2NO. The number of halogens is 2. The molecule has 1 atom stereocenters. The molecule has 0 heterocycles. The largest absolute Gasteiger partial charge is 0.391 e. The van der Waals surface area contributed by atoms with E-state index in [9.17, 15) is 13.9 Å². The highest BCUT2D eigenvalue weighted by molar-refractivity contribution is 5.20. The minimum absolute atomic E-state index is 0.199. The van der Waals surface area contributed by atoms with Crippen LogP contribution in [-0.4, -0.2) is 34.7 Å². The molecule has 0 saturated heterocycles. The first-order chi connectivity index (χ1) is 9.94. The summed E-state index contributed by atoms with van der Waals surface area (Å²) in [6, 6.07) is 3.54. The minimum atomic E-state index is -0.688. The molecule has 0 aliphatic rings. The fourth-order valence-electron chi connectivity index (χ4n) is 3.32. The van der Waals surface area contributed by atoms with E-state index >= 15 is 0 Å². The summed E-state index contributed by atoms with van der Waals surface area (Å²) in [5.41, 5.74) is -0.00744. The van der Waals surface area contributed by atoms with Gasteiger partial charge < -0.3 is 5.11 Å². The lowest BCUT2D eigenvalue weighted by Crippen LogP contribution is -2.56. The molecule has 0 radical (unpaired) electrons. The van der Waals surface area contributed by atoms with Crippen LogP contribution in [0.1, 0.15) is 46.1 Å². The molecule has 4 heteroatoms. The Labute approximate surface area is 126 Å². The molecule has 0 aliphatic heterocycles. The van der Waals surface area contributed by atoms with Crippen molar-refractivity contribution in [3.63, 3.8) is 0 Å². The first-order valence-electron chi connectivity index (χ1n) is 7.82. The number of nitrogens with zero attached hydrogens (tertiary/aromatic N) is 1. The Morgan fingerprint density at radius 2 is 1.67 bits per heavy atom. The van der Waals surface area contributed by atoms with Gasteiger partial charge in [-0.15, -0.1) is 0 Å². The molecular weight excluding hydrogens is 272 g/mol. The topological polar surface area (TPSA) is 23.5 Å². The van der Waals surface area contributed by atoms with Crippen LogP contribution >= 0.6 is 0 Å². The highest BCUT2D eigenvalue weighted by Crippen LogP contribution is 2.30. The van der Waals surface area contributed by atoms with Crippen LogP contribution in [0.4, 0.5) is 8.78 Å². The van der Waals surface area contributed by atoms with Crippen LogP contribution in [0.15, 0.2) is 18.2 Å². The summed E-state index contributed by atoms with van der Waals surface area (Å²) in [6.07, 6.45) is 1.08. The highest BCUT2D eigenvalue weighted by Gasteiger charge is 2.39. The van der Waals surface area contributed by atoms with Gasteiger partial charge in [-0.2, -0.15) is 0 Å². The molecule has 21 heavy (non-hydrogen) atoms. The van der Waals surface area contributed by atoms with Gasteiger partial charge >= 0.3 is 0 Å². The molecule has 120 valence electrons. The molecule has 1 rings (SSSR count). The third kappa shape index (κ3) is 3.80. The van der Waals surface area contributed by atoms with Gasteiger partial charge in [0.1, 0.15) is 11.6 Å². The molecule has 2 nitrogen and oxygen atoms in total. The van der Waals surface area contributed by atoms with E-state index in [1.165, 1.54) is 12.1 Å². The Balaban J connectivity index is 3.03. The third-order valence-corrected chi connectivity index (χ3v) is 4.67. The van der Waals surface area contributed by atoms with Crippen molar-refractivity contribution < 1.29 is 13.9 Å². The number of aliphatic hydroxyl groups is 1. The van der Waals surface area contributed by atoms with E-state index < -0.39 is 17.7 Å². The summed E-state index contributed by atoms with van der Waals surface area (Å²) in [7, 11) is 0. The van der Waals surface area contributed by atoms with Crippen LogP contribution in [0.2, 0.25) is 0 Å². The standard InChI is InChI=1S/C17H27F2NO/c1-5-17(6-2,20(7-3)8-4)16(21)11-13-9-10-14(18)12-15(13)19/h9-10,12,16,21H,5-8,11H2,1-4H3. The number of benzene rings is 1. The van der Waals surface area contributed by atoms with E-state index in [1.807, 2.05) is 13.8 Å². The SMILES string of the molecule is CCN(CC)C(CC)(CC)C(O)Cc1ccc(F)cc1F. The monoisotopic (exact) mass is 299 g/mol. The summed E-state index contributed by atoms with van der Waals surface area (Å²) in [6.45, 7) is 9.89. The van der Waals surface area contributed by atoms with Crippen LogP contribution in [0.5, 0.6) is 0 Å². The second-order valence-electron chi connectivity index (χ2n) is 5.44. The van der Waals surface area contributed by atoms with Gasteiger partial charge in [-0.25, -0.2) is 8.78 Å². The quantitative estimate of drug-likeness (QED) is 0.790. The Hall–Kier alpha value is -1.00. The zero-order valence-corrected chi connectivity index (χ0v) is 13.5. The molecule has 0 fully saturated rings. The normalized spacial score (nSPS) is 13.7. The fraction of sp³-hybridized carbons (Fsp3) is 0.647. The van der Waals surface area contributed by atoms with Crippen molar-refractivity contribution in [1.29, 1.82) is 0 Å². The maximum Gasteiger partial charge on any atom is 0.129 e. The van der Waals surface area contributed by atoms with Gasteiger partial charge in [-0.05, 0) is 37.6 Å². The minimum Gasteiger partial charge on any atom is -0.391 e. The van der Waals surface area contributed by atoms with Gasteiger partial charge in [0.05, 0.1) is 6.10 Å². The average Bonchev–Trinajstić information content (AvgIpc) is 2.47. The van der Waals surface area contributed by atoms with Crippen molar-refractivity contribution in [2.75, 3.05) is 13.1 Å². The lowest BCUT2D eigenvalue weighted by Gasteiger charge is -2.46. The van der Waals surface area contributed by atoms with Gasteiger partial charge in [0, 0.05) is 18.0 Å². The van der Waals surface area contributed by atoms with Gasteiger partial charge in [-0.3, -0.25) is 4.90 Å². The smallest absolute Gasteiger partial charge is 0.129 e. The summed E-state index contributed by atoms with van der Waals surface area (Å²) >= 11 is 0. The molecule has 0 aromatic heterocycles. The first kappa shape index (κ1) is 18.1. The predicted octanol–water partition coefficient (Wildman–Crippen LogP) is 3.77. The summed E-state index contributed by atoms with van der Waals surface area (Å²) < 4.78 is 26.8. The number of hydrogen-bond donors (Lipinski definition) is 1. The number of hydrogen-bond acceptors (Lipinski definition) is 2. The van der Waals surface area contributed by atoms with E-state index in [4.69, 9.17) is 0 Å². The second-order valence-corrected chi connectivity index (χ2v) is 5.44. The Kier molecular flexibility index (Phi) is 6.75. The maximum atomic E-state index is 13.8. The van der Waals surface area contributed by atoms with E-state index in [1.54, 1.807) is 0 Å². The third-order valence-electron chi connectivity index (χ3n) is 4.67. The van der Waals surface area contributed by atoms with Crippen LogP contribution in [0, 0.1) is 11.6 Å². The lowest BCUT2D eigenvalue weighted by atomic mass is 9.81. The zero-order chi connectivity index (χ0) is 16.0. The second kappa shape index (κ2) is 7.85. The zero-order valence-electron chi connectivity index (χ0n) is 13.5. The fourth-order valence-corrected chi connectivity index (χ4v) is 3.32. The van der Waals surface area contributed by atoms with Crippen molar-refractivity contribution >= 4 is 0 Å². The van der Waals surface area contributed by atoms with E-state index in [0.717, 1.165) is 32.0 Å². The van der Waals surface area contributed by atoms with Gasteiger partial charge in [-0.1, -0.05) is 33.8 Å². The molecule has 0 aliphatic carbocycles. The first-order valence-corrected chi connectivity index (χ1v) is 7.82. The van der Waals surface area contributed by atoms with Crippen LogP contribution in [0.3, 0.4) is 0 Å². The molecule has 1 N–H and O–H groups in total. The van der Waals surface area contributed by atoms with E-state index in [0.29, 0.717) is 5.56 Å². The Morgan fingerprint density at radius 3 is 2.10 bits per heavy atom. The van der Waals surface area contributed by atoms with Crippen molar-refractivity contribution in [1.82, 2.24) is 4.90 Å². The molecule has 0 bridgehead atoms. The number of rotatable bonds is 8. The highest BCUT2D eigenvalue weighted by atomic mass is 19.1. The van der Waals surface area contributed by atoms with Gasteiger partial charge in [0.2, 0.25) is 0 Å². The molecule has 1 aromatic rings. The summed E-state index contributed by atoms with van der Waals surface area (Å²) in [4.78, 5) is 2.24. The van der Waals surface area contributed by atoms with Crippen molar-refractivity contribution in [2.24, 2.45) is 0 Å². The molecule has 1 unspecified atom stereocenters. The van der Waals surface area contributed by atoms with Gasteiger partial charge in [0.15, 0.2) is 0 Å². The molecule has 0 amide bonds. The Morgan fingerprint density at radius 1 is 1.10 bits per heavy atom. The molecule has 0 spiro atoms. The van der Waals surface area contributed by atoms with Crippen LogP contribution < -0.4 is 0 Å². The Bertz CT molecular complexity index is 442. The van der Waals surface area contributed by atoms with Crippen LogP contribution in [-0.2, 0) is 6.42 Å². The van der Waals surface area contributed by atoms with E-state index in [2.05, 4.69) is 18.7 Å². The maximum absolute atomic E-state index is 13.8. The van der Waals surface area contributed by atoms with Crippen molar-refractivity contribution in [2.45, 2.75) is 58.6 Å². The van der Waals surface area contributed by atoms with Crippen LogP contribution in [0.25, 0.3) is 0 Å². The lowest BCUT2D eigenvalue weighted by molar-refractivity contribution is -0.0344. The number of aliphatic hydroxyl groups excluding tert-OH is 1. The summed E-state index contributed by atoms with van der Waals surface area (Å²) in [5.74, 6) is -1.18. The molecule has 0 saturated carbocycles. The van der Waals surface area contributed by atoms with Crippen molar-refractivity contribution in [3.8, 4) is 0 Å². The van der Waals surface area contributed by atoms with Crippen molar-refractivity contribution in [3.05, 3.63) is 35.4 Å². The van der Waals surface area contributed by atoms with E-state index in [-0.39, 0.29) is 12.0 Å². The number of likely N-dealkylation sites (N-methyl/N-ethyl adjacent to an activating group) is 1. The predicted molar refractivity (Wildman–Crippen MR) is 82.3 cm³/mol. The summed E-state index contributed by atoms with van der Waals surface area (Å²) in [5, 5.41) is 10.7.